The predicted molar refractivity (Wildman–Crippen MR) is 57.5 cm³/mol. The van der Waals surface area contributed by atoms with E-state index >= 15 is 0 Å². The summed E-state index contributed by atoms with van der Waals surface area (Å²) in [5.74, 6) is -0.728. The predicted octanol–water partition coefficient (Wildman–Crippen LogP) is 2.09. The smallest absolute Gasteiger partial charge is 0.303 e. The van der Waals surface area contributed by atoms with Crippen molar-refractivity contribution >= 4 is 17.3 Å². The van der Waals surface area contributed by atoms with Crippen molar-refractivity contribution in [3.8, 4) is 0 Å². The molecule has 1 aromatic heterocycles. The molecule has 0 saturated heterocycles. The van der Waals surface area contributed by atoms with Crippen molar-refractivity contribution in [2.45, 2.75) is 32.4 Å². The first-order valence-corrected chi connectivity index (χ1v) is 5.59. The van der Waals surface area contributed by atoms with Gasteiger partial charge in [-0.25, -0.2) is 0 Å². The molecule has 0 aliphatic rings. The Kier molecular flexibility index (Phi) is 4.62. The van der Waals surface area contributed by atoms with Crippen LogP contribution >= 0.6 is 11.3 Å². The third-order valence-electron chi connectivity index (χ3n) is 2.03. The summed E-state index contributed by atoms with van der Waals surface area (Å²) in [5, 5.41) is 15.9. The molecule has 0 aromatic carbocycles. The van der Waals surface area contributed by atoms with Crippen molar-refractivity contribution in [1.29, 1.82) is 0 Å². The molecule has 1 unspecified atom stereocenters. The van der Waals surface area contributed by atoms with Crippen LogP contribution < -0.4 is 5.32 Å². The molecular formula is C10H15NO2S. The molecule has 2 N–H and O–H groups in total. The molecule has 0 fully saturated rings. The summed E-state index contributed by atoms with van der Waals surface area (Å²) >= 11 is 1.68. The standard InChI is InChI=1S/C10H15NO2S/c1-8(2-3-10(12)13)11-6-9-4-5-14-7-9/h4-5,7-8,11H,2-3,6H2,1H3,(H,12,13). The van der Waals surface area contributed by atoms with E-state index in [0.717, 1.165) is 6.54 Å². The van der Waals surface area contributed by atoms with Crippen LogP contribution in [-0.4, -0.2) is 17.1 Å². The molecular weight excluding hydrogens is 198 g/mol. The molecule has 14 heavy (non-hydrogen) atoms. The van der Waals surface area contributed by atoms with Gasteiger partial charge in [-0.15, -0.1) is 0 Å². The topological polar surface area (TPSA) is 49.3 Å². The number of nitrogens with one attached hydrogen (secondary N) is 1. The Morgan fingerprint density at radius 2 is 2.50 bits per heavy atom. The summed E-state index contributed by atoms with van der Waals surface area (Å²) < 4.78 is 0. The summed E-state index contributed by atoms with van der Waals surface area (Å²) in [5.41, 5.74) is 1.26. The maximum Gasteiger partial charge on any atom is 0.303 e. The number of thiophene rings is 1. The van der Waals surface area contributed by atoms with Gasteiger partial charge in [-0.1, -0.05) is 0 Å². The van der Waals surface area contributed by atoms with Crippen molar-refractivity contribution in [2.75, 3.05) is 0 Å². The maximum absolute atomic E-state index is 10.3. The lowest BCUT2D eigenvalue weighted by molar-refractivity contribution is -0.137. The van der Waals surface area contributed by atoms with Crippen LogP contribution in [0.15, 0.2) is 16.8 Å². The minimum Gasteiger partial charge on any atom is -0.481 e. The van der Waals surface area contributed by atoms with Crippen molar-refractivity contribution in [2.24, 2.45) is 0 Å². The molecule has 0 aliphatic heterocycles. The molecule has 0 spiro atoms. The molecule has 4 heteroatoms. The van der Waals surface area contributed by atoms with Crippen LogP contribution in [0.4, 0.5) is 0 Å². The lowest BCUT2D eigenvalue weighted by Gasteiger charge is -2.11. The minimum absolute atomic E-state index is 0.234. The van der Waals surface area contributed by atoms with Gasteiger partial charge in [-0.3, -0.25) is 4.79 Å². The summed E-state index contributed by atoms with van der Waals surface area (Å²) in [6.07, 6.45) is 0.914. The number of rotatable bonds is 6. The van der Waals surface area contributed by atoms with Crippen molar-refractivity contribution in [3.63, 3.8) is 0 Å². The summed E-state index contributed by atoms with van der Waals surface area (Å²) in [4.78, 5) is 10.3. The van der Waals surface area contributed by atoms with Gasteiger partial charge in [0, 0.05) is 19.0 Å². The zero-order chi connectivity index (χ0) is 10.4. The Labute approximate surface area is 87.8 Å². The number of hydrogen-bond donors (Lipinski definition) is 2. The molecule has 0 bridgehead atoms. The highest BCUT2D eigenvalue weighted by Crippen LogP contribution is 2.06. The van der Waals surface area contributed by atoms with Gasteiger partial charge in [0.05, 0.1) is 0 Å². The molecule has 1 heterocycles. The second kappa shape index (κ2) is 5.78. The van der Waals surface area contributed by atoms with Gasteiger partial charge < -0.3 is 10.4 Å². The van der Waals surface area contributed by atoms with E-state index in [2.05, 4.69) is 16.8 Å². The monoisotopic (exact) mass is 213 g/mol. The average Bonchev–Trinajstić information content (AvgIpc) is 2.63. The zero-order valence-corrected chi connectivity index (χ0v) is 9.01. The molecule has 0 aliphatic carbocycles. The van der Waals surface area contributed by atoms with E-state index in [-0.39, 0.29) is 12.5 Å². The first-order chi connectivity index (χ1) is 6.68. The molecule has 0 saturated carbocycles. The molecule has 78 valence electrons. The van der Waals surface area contributed by atoms with Crippen LogP contribution in [0.1, 0.15) is 25.3 Å². The first-order valence-electron chi connectivity index (χ1n) is 4.64. The molecule has 1 aromatic rings. The van der Waals surface area contributed by atoms with Crippen LogP contribution in [0.25, 0.3) is 0 Å². The SMILES string of the molecule is CC(CCC(=O)O)NCc1ccsc1. The van der Waals surface area contributed by atoms with Crippen molar-refractivity contribution in [3.05, 3.63) is 22.4 Å². The highest BCUT2D eigenvalue weighted by molar-refractivity contribution is 7.07. The minimum atomic E-state index is -0.728. The van der Waals surface area contributed by atoms with Gasteiger partial charge >= 0.3 is 5.97 Å². The fourth-order valence-corrected chi connectivity index (χ4v) is 1.80. The zero-order valence-electron chi connectivity index (χ0n) is 8.19. The fourth-order valence-electron chi connectivity index (χ4n) is 1.13. The van der Waals surface area contributed by atoms with E-state index in [9.17, 15) is 4.79 Å². The molecule has 0 radical (unpaired) electrons. The largest absolute Gasteiger partial charge is 0.481 e. The van der Waals surface area contributed by atoms with E-state index in [4.69, 9.17) is 5.11 Å². The Hall–Kier alpha value is -0.870. The Bertz CT molecular complexity index is 272. The van der Waals surface area contributed by atoms with Gasteiger partial charge in [0.15, 0.2) is 0 Å². The number of carboxylic acids is 1. The number of hydrogen-bond acceptors (Lipinski definition) is 3. The van der Waals surface area contributed by atoms with Gasteiger partial charge in [-0.05, 0) is 35.7 Å². The summed E-state index contributed by atoms with van der Waals surface area (Å²) in [6.45, 7) is 2.83. The number of carbonyl (C=O) groups is 1. The highest BCUT2D eigenvalue weighted by Gasteiger charge is 2.04. The van der Waals surface area contributed by atoms with E-state index in [1.165, 1.54) is 5.56 Å². The molecule has 0 amide bonds. The fraction of sp³-hybridized carbons (Fsp3) is 0.500. The average molecular weight is 213 g/mol. The van der Waals surface area contributed by atoms with Gasteiger partial charge in [0.25, 0.3) is 0 Å². The van der Waals surface area contributed by atoms with Crippen LogP contribution in [0.3, 0.4) is 0 Å². The van der Waals surface area contributed by atoms with Gasteiger partial charge in [-0.2, -0.15) is 11.3 Å². The van der Waals surface area contributed by atoms with Crippen LogP contribution in [0, 0.1) is 0 Å². The maximum atomic E-state index is 10.3. The third kappa shape index (κ3) is 4.39. The normalized spacial score (nSPS) is 12.6. The van der Waals surface area contributed by atoms with Gasteiger partial charge in [0.1, 0.15) is 0 Å². The van der Waals surface area contributed by atoms with Crippen molar-refractivity contribution in [1.82, 2.24) is 5.32 Å². The van der Waals surface area contributed by atoms with Crippen LogP contribution in [0.5, 0.6) is 0 Å². The third-order valence-corrected chi connectivity index (χ3v) is 2.76. The number of carboxylic acid groups (broad SMARTS) is 1. The van der Waals surface area contributed by atoms with Crippen molar-refractivity contribution < 1.29 is 9.90 Å². The summed E-state index contributed by atoms with van der Waals surface area (Å²) in [7, 11) is 0. The highest BCUT2D eigenvalue weighted by atomic mass is 32.1. The lowest BCUT2D eigenvalue weighted by Crippen LogP contribution is -2.25. The first kappa shape index (κ1) is 11.2. The number of aliphatic carboxylic acids is 1. The molecule has 1 atom stereocenters. The molecule has 3 nitrogen and oxygen atoms in total. The van der Waals surface area contributed by atoms with E-state index in [1.807, 2.05) is 12.3 Å². The Morgan fingerprint density at radius 3 is 3.07 bits per heavy atom. The van der Waals surface area contributed by atoms with E-state index in [0.29, 0.717) is 6.42 Å². The van der Waals surface area contributed by atoms with Crippen LogP contribution in [0.2, 0.25) is 0 Å². The molecule has 1 rings (SSSR count). The van der Waals surface area contributed by atoms with E-state index in [1.54, 1.807) is 11.3 Å². The lowest BCUT2D eigenvalue weighted by atomic mass is 10.2. The summed E-state index contributed by atoms with van der Waals surface area (Å²) in [6, 6.07) is 2.33. The Balaban J connectivity index is 2.15. The van der Waals surface area contributed by atoms with Gasteiger partial charge in [0.2, 0.25) is 0 Å². The Morgan fingerprint density at radius 1 is 1.71 bits per heavy atom. The second-order valence-corrected chi connectivity index (χ2v) is 4.13. The quantitative estimate of drug-likeness (QED) is 0.760. The van der Waals surface area contributed by atoms with Crippen LogP contribution in [-0.2, 0) is 11.3 Å². The second-order valence-electron chi connectivity index (χ2n) is 3.35. The van der Waals surface area contributed by atoms with E-state index < -0.39 is 5.97 Å².